The van der Waals surface area contributed by atoms with Crippen molar-refractivity contribution in [1.82, 2.24) is 4.72 Å². The predicted octanol–water partition coefficient (Wildman–Crippen LogP) is 3.53. The summed E-state index contributed by atoms with van der Waals surface area (Å²) in [7, 11) is -3.47. The fraction of sp³-hybridized carbons (Fsp3) is 0.333. The molecule has 4 nitrogen and oxygen atoms in total. The molecule has 114 valence electrons. The number of anilines is 1. The highest BCUT2D eigenvalue weighted by Crippen LogP contribution is 2.28. The molecule has 0 radical (unpaired) electrons. The van der Waals surface area contributed by atoms with Gasteiger partial charge in [-0.15, -0.1) is 11.3 Å². The predicted molar refractivity (Wildman–Crippen MR) is 88.4 cm³/mol. The maximum atomic E-state index is 12.2. The van der Waals surface area contributed by atoms with Crippen LogP contribution >= 0.6 is 11.3 Å². The molecule has 0 aliphatic carbocycles. The van der Waals surface area contributed by atoms with Gasteiger partial charge in [-0.2, -0.15) is 0 Å². The zero-order valence-electron chi connectivity index (χ0n) is 12.4. The Bertz CT molecular complexity index is 708. The molecule has 0 saturated carbocycles. The Morgan fingerprint density at radius 1 is 1.19 bits per heavy atom. The molecule has 0 amide bonds. The molecule has 1 heterocycles. The van der Waals surface area contributed by atoms with Gasteiger partial charge in [0, 0.05) is 16.3 Å². The molecule has 1 unspecified atom stereocenters. The van der Waals surface area contributed by atoms with E-state index in [1.54, 1.807) is 36.5 Å². The molecule has 0 fully saturated rings. The van der Waals surface area contributed by atoms with E-state index in [4.69, 9.17) is 0 Å². The van der Waals surface area contributed by atoms with Crippen molar-refractivity contribution in [1.29, 1.82) is 0 Å². The van der Waals surface area contributed by atoms with E-state index in [9.17, 15) is 8.42 Å². The zero-order valence-corrected chi connectivity index (χ0v) is 14.0. The van der Waals surface area contributed by atoms with Gasteiger partial charge in [0.2, 0.25) is 10.0 Å². The van der Waals surface area contributed by atoms with E-state index in [1.807, 2.05) is 13.0 Å². The molecule has 0 spiro atoms. The van der Waals surface area contributed by atoms with Gasteiger partial charge in [-0.05, 0) is 38.1 Å². The van der Waals surface area contributed by atoms with Crippen molar-refractivity contribution in [2.24, 2.45) is 0 Å². The first-order chi connectivity index (χ1) is 9.94. The highest BCUT2D eigenvalue weighted by atomic mass is 32.2. The fourth-order valence-corrected chi connectivity index (χ4v) is 4.17. The lowest BCUT2D eigenvalue weighted by atomic mass is 10.2. The van der Waals surface area contributed by atoms with Gasteiger partial charge in [0.1, 0.15) is 4.90 Å². The standard InChI is InChI=1S/C15H20N2O2S2/c1-4-16-21(18,19)15-8-6-5-7-13(15)17-12(3)14-10-9-11(2)20-14/h5-10,12,16-17H,4H2,1-3H3. The molecule has 2 N–H and O–H groups in total. The zero-order chi connectivity index (χ0) is 15.5. The lowest BCUT2D eigenvalue weighted by molar-refractivity contribution is 0.584. The SMILES string of the molecule is CCNS(=O)(=O)c1ccccc1NC(C)c1ccc(C)s1. The first-order valence-electron chi connectivity index (χ1n) is 6.85. The van der Waals surface area contributed by atoms with Crippen LogP contribution in [0, 0.1) is 6.92 Å². The number of sulfonamides is 1. The van der Waals surface area contributed by atoms with Crippen LogP contribution in [0.4, 0.5) is 5.69 Å². The van der Waals surface area contributed by atoms with E-state index in [0.29, 0.717) is 12.2 Å². The number of thiophene rings is 1. The van der Waals surface area contributed by atoms with Gasteiger partial charge in [-0.1, -0.05) is 19.1 Å². The molecule has 21 heavy (non-hydrogen) atoms. The first-order valence-corrected chi connectivity index (χ1v) is 9.15. The number of nitrogens with one attached hydrogen (secondary N) is 2. The molecule has 0 aliphatic heterocycles. The van der Waals surface area contributed by atoms with Crippen LogP contribution in [0.15, 0.2) is 41.3 Å². The molecule has 0 saturated heterocycles. The van der Waals surface area contributed by atoms with Gasteiger partial charge in [0.25, 0.3) is 0 Å². The van der Waals surface area contributed by atoms with Crippen LogP contribution in [0.3, 0.4) is 0 Å². The Morgan fingerprint density at radius 2 is 1.90 bits per heavy atom. The third kappa shape index (κ3) is 3.84. The summed E-state index contributed by atoms with van der Waals surface area (Å²) in [6.45, 7) is 6.23. The van der Waals surface area contributed by atoms with E-state index in [2.05, 4.69) is 29.1 Å². The largest absolute Gasteiger partial charge is 0.377 e. The summed E-state index contributed by atoms with van der Waals surface area (Å²) in [5.41, 5.74) is 0.622. The summed E-state index contributed by atoms with van der Waals surface area (Å²) < 4.78 is 27.0. The molecular weight excluding hydrogens is 304 g/mol. The summed E-state index contributed by atoms with van der Waals surface area (Å²) >= 11 is 1.71. The minimum absolute atomic E-state index is 0.0571. The Morgan fingerprint density at radius 3 is 2.52 bits per heavy atom. The van der Waals surface area contributed by atoms with Crippen LogP contribution in [0.5, 0.6) is 0 Å². The lowest BCUT2D eigenvalue weighted by Crippen LogP contribution is -2.24. The highest BCUT2D eigenvalue weighted by Gasteiger charge is 2.18. The topological polar surface area (TPSA) is 58.2 Å². The summed E-state index contributed by atoms with van der Waals surface area (Å²) in [5, 5.41) is 3.30. The van der Waals surface area contributed by atoms with Crippen molar-refractivity contribution in [3.8, 4) is 0 Å². The molecule has 1 atom stereocenters. The number of benzene rings is 1. The van der Waals surface area contributed by atoms with Crippen molar-refractivity contribution in [2.45, 2.75) is 31.7 Å². The maximum absolute atomic E-state index is 12.2. The smallest absolute Gasteiger partial charge is 0.242 e. The second-order valence-corrected chi connectivity index (χ2v) is 7.87. The van der Waals surface area contributed by atoms with Gasteiger partial charge < -0.3 is 5.32 Å². The van der Waals surface area contributed by atoms with E-state index in [-0.39, 0.29) is 10.9 Å². The summed E-state index contributed by atoms with van der Waals surface area (Å²) in [4.78, 5) is 2.71. The van der Waals surface area contributed by atoms with Gasteiger partial charge in [0.05, 0.1) is 11.7 Å². The molecule has 1 aromatic carbocycles. The lowest BCUT2D eigenvalue weighted by Gasteiger charge is -2.17. The van der Waals surface area contributed by atoms with Crippen LogP contribution in [0.1, 0.15) is 29.6 Å². The molecule has 2 aromatic rings. The second-order valence-electron chi connectivity index (χ2n) is 4.81. The van der Waals surface area contributed by atoms with Crippen LogP contribution in [-0.2, 0) is 10.0 Å². The van der Waals surface area contributed by atoms with E-state index < -0.39 is 10.0 Å². The van der Waals surface area contributed by atoms with Crippen LogP contribution in [0.2, 0.25) is 0 Å². The van der Waals surface area contributed by atoms with Gasteiger partial charge in [-0.3, -0.25) is 0 Å². The fourth-order valence-electron chi connectivity index (χ4n) is 2.08. The summed E-state index contributed by atoms with van der Waals surface area (Å²) in [5.74, 6) is 0. The van der Waals surface area contributed by atoms with Crippen molar-refractivity contribution >= 4 is 27.0 Å². The molecule has 6 heteroatoms. The minimum atomic E-state index is -3.47. The van der Waals surface area contributed by atoms with E-state index in [1.165, 1.54) is 9.75 Å². The molecule has 0 aliphatic rings. The summed E-state index contributed by atoms with van der Waals surface area (Å²) in [6, 6.07) is 11.2. The Balaban J connectivity index is 2.29. The number of para-hydroxylation sites is 1. The normalized spacial score (nSPS) is 13.1. The monoisotopic (exact) mass is 324 g/mol. The maximum Gasteiger partial charge on any atom is 0.242 e. The highest BCUT2D eigenvalue weighted by molar-refractivity contribution is 7.89. The number of rotatable bonds is 6. The Hall–Kier alpha value is -1.37. The quantitative estimate of drug-likeness (QED) is 0.854. The van der Waals surface area contributed by atoms with E-state index in [0.717, 1.165) is 0 Å². The molecule has 1 aromatic heterocycles. The third-order valence-electron chi connectivity index (χ3n) is 3.07. The number of hydrogen-bond acceptors (Lipinski definition) is 4. The van der Waals surface area contributed by atoms with Crippen molar-refractivity contribution < 1.29 is 8.42 Å². The molecular formula is C15H20N2O2S2. The molecule has 0 bridgehead atoms. The van der Waals surface area contributed by atoms with Gasteiger partial charge >= 0.3 is 0 Å². The summed E-state index contributed by atoms with van der Waals surface area (Å²) in [6.07, 6.45) is 0. The van der Waals surface area contributed by atoms with Crippen LogP contribution < -0.4 is 10.0 Å². The average molecular weight is 324 g/mol. The van der Waals surface area contributed by atoms with Gasteiger partial charge in [-0.25, -0.2) is 13.1 Å². The third-order valence-corrected chi connectivity index (χ3v) is 5.86. The molecule has 2 rings (SSSR count). The Kier molecular flexibility index (Phi) is 5.03. The second kappa shape index (κ2) is 6.60. The first kappa shape index (κ1) is 16.0. The van der Waals surface area contributed by atoms with E-state index >= 15 is 0 Å². The van der Waals surface area contributed by atoms with Crippen LogP contribution in [-0.4, -0.2) is 15.0 Å². The minimum Gasteiger partial charge on any atom is -0.377 e. The van der Waals surface area contributed by atoms with Crippen molar-refractivity contribution in [2.75, 3.05) is 11.9 Å². The Labute approximate surface area is 130 Å². The number of hydrogen-bond donors (Lipinski definition) is 2. The number of aryl methyl sites for hydroxylation is 1. The van der Waals surface area contributed by atoms with Crippen molar-refractivity contribution in [3.05, 3.63) is 46.2 Å². The average Bonchev–Trinajstić information content (AvgIpc) is 2.86. The van der Waals surface area contributed by atoms with Crippen molar-refractivity contribution in [3.63, 3.8) is 0 Å². The van der Waals surface area contributed by atoms with Crippen LogP contribution in [0.25, 0.3) is 0 Å². The van der Waals surface area contributed by atoms with Gasteiger partial charge in [0.15, 0.2) is 0 Å².